The molecule has 2 rings (SSSR count). The van der Waals surface area contributed by atoms with Gasteiger partial charge in [0.2, 0.25) is 5.91 Å². The van der Waals surface area contributed by atoms with Crippen molar-refractivity contribution in [2.45, 2.75) is 20.3 Å². The number of halogens is 1. The van der Waals surface area contributed by atoms with E-state index < -0.39 is 24.2 Å². The zero-order valence-corrected chi connectivity index (χ0v) is 14.0. The Morgan fingerprint density at radius 2 is 1.68 bits per heavy atom. The summed E-state index contributed by atoms with van der Waals surface area (Å²) in [5, 5.41) is 2.67. The molecule has 0 spiro atoms. The fourth-order valence-corrected chi connectivity index (χ4v) is 2.01. The van der Waals surface area contributed by atoms with Crippen molar-refractivity contribution in [3.8, 4) is 0 Å². The van der Waals surface area contributed by atoms with Crippen LogP contribution in [0.2, 0.25) is 0 Å². The summed E-state index contributed by atoms with van der Waals surface area (Å²) in [7, 11) is 0. The van der Waals surface area contributed by atoms with Crippen LogP contribution >= 0.6 is 0 Å². The van der Waals surface area contributed by atoms with Crippen molar-refractivity contribution in [2.24, 2.45) is 0 Å². The Morgan fingerprint density at radius 3 is 2.28 bits per heavy atom. The molecule has 0 aliphatic heterocycles. The van der Waals surface area contributed by atoms with E-state index >= 15 is 0 Å². The molecule has 2 aromatic rings. The number of ether oxygens (including phenoxy) is 1. The van der Waals surface area contributed by atoms with Crippen molar-refractivity contribution >= 4 is 23.3 Å². The Morgan fingerprint density at radius 1 is 1.04 bits per heavy atom. The van der Waals surface area contributed by atoms with Crippen LogP contribution in [-0.4, -0.2) is 24.3 Å². The number of hydrogen-bond acceptors (Lipinski definition) is 4. The predicted octanol–water partition coefficient (Wildman–Crippen LogP) is 3.52. The minimum absolute atomic E-state index is 0.0496. The molecule has 0 bridgehead atoms. The van der Waals surface area contributed by atoms with Gasteiger partial charge in [0.1, 0.15) is 5.82 Å². The van der Waals surface area contributed by atoms with Gasteiger partial charge in [-0.3, -0.25) is 9.59 Å². The van der Waals surface area contributed by atoms with E-state index in [1.807, 2.05) is 0 Å². The van der Waals surface area contributed by atoms with Gasteiger partial charge in [0, 0.05) is 17.7 Å². The monoisotopic (exact) mass is 343 g/mol. The molecule has 0 saturated carbocycles. The van der Waals surface area contributed by atoms with Crippen LogP contribution < -0.4 is 5.32 Å². The molecule has 0 atom stereocenters. The van der Waals surface area contributed by atoms with Crippen molar-refractivity contribution in [2.75, 3.05) is 11.9 Å². The Hall–Kier alpha value is -3.02. The smallest absolute Gasteiger partial charge is 0.338 e. The van der Waals surface area contributed by atoms with E-state index in [9.17, 15) is 18.8 Å². The molecule has 25 heavy (non-hydrogen) atoms. The first-order chi connectivity index (χ1) is 11.9. The molecule has 0 aliphatic rings. The molecule has 0 aliphatic carbocycles. The molecule has 0 unspecified atom stereocenters. The van der Waals surface area contributed by atoms with E-state index in [-0.39, 0.29) is 11.5 Å². The summed E-state index contributed by atoms with van der Waals surface area (Å²) in [4.78, 5) is 35.2. The van der Waals surface area contributed by atoms with E-state index in [1.165, 1.54) is 24.3 Å². The standard InChI is InChI=1S/C19H18FNO4/c1-3-18(23)21-15-8-6-13(7-9-15)17(22)11-25-19(24)14-5-4-12(2)16(20)10-14/h4-10H,3,11H2,1-2H3,(H,21,23). The zero-order chi connectivity index (χ0) is 18.4. The first-order valence-electron chi connectivity index (χ1n) is 7.77. The number of esters is 1. The summed E-state index contributed by atoms with van der Waals surface area (Å²) in [6.07, 6.45) is 0.357. The predicted molar refractivity (Wildman–Crippen MR) is 91.1 cm³/mol. The van der Waals surface area contributed by atoms with Crippen molar-refractivity contribution < 1.29 is 23.5 Å². The highest BCUT2D eigenvalue weighted by molar-refractivity contribution is 6.00. The lowest BCUT2D eigenvalue weighted by Gasteiger charge is -2.07. The SMILES string of the molecule is CCC(=O)Nc1ccc(C(=O)COC(=O)c2ccc(C)c(F)c2)cc1. The molecular weight excluding hydrogens is 325 g/mol. The number of rotatable bonds is 6. The number of benzene rings is 2. The van der Waals surface area contributed by atoms with Gasteiger partial charge >= 0.3 is 5.97 Å². The maximum atomic E-state index is 13.5. The number of ketones is 1. The number of carbonyl (C=O) groups is 3. The van der Waals surface area contributed by atoms with Crippen molar-refractivity contribution in [3.63, 3.8) is 0 Å². The van der Waals surface area contributed by atoms with E-state index in [2.05, 4.69) is 5.32 Å². The lowest BCUT2D eigenvalue weighted by Crippen LogP contribution is -2.15. The first kappa shape index (κ1) is 18.3. The Kier molecular flexibility index (Phi) is 6.00. The van der Waals surface area contributed by atoms with E-state index in [0.717, 1.165) is 6.07 Å². The Bertz CT molecular complexity index is 800. The highest BCUT2D eigenvalue weighted by Crippen LogP contribution is 2.12. The van der Waals surface area contributed by atoms with E-state index in [0.29, 0.717) is 23.2 Å². The van der Waals surface area contributed by atoms with E-state index in [1.54, 1.807) is 26.0 Å². The van der Waals surface area contributed by atoms with Crippen LogP contribution in [0.1, 0.15) is 39.6 Å². The molecule has 0 radical (unpaired) electrons. The summed E-state index contributed by atoms with van der Waals surface area (Å²) in [5.41, 5.74) is 1.39. The third kappa shape index (κ3) is 4.97. The Balaban J connectivity index is 1.94. The molecule has 0 saturated heterocycles. The van der Waals surface area contributed by atoms with Gasteiger partial charge in [-0.2, -0.15) is 0 Å². The highest BCUT2D eigenvalue weighted by atomic mass is 19.1. The third-order valence-corrected chi connectivity index (χ3v) is 3.55. The lowest BCUT2D eigenvalue weighted by molar-refractivity contribution is -0.115. The molecular formula is C19H18FNO4. The number of amides is 1. The van der Waals surface area contributed by atoms with Gasteiger partial charge in [-0.05, 0) is 48.9 Å². The van der Waals surface area contributed by atoms with Crippen molar-refractivity contribution in [1.29, 1.82) is 0 Å². The van der Waals surface area contributed by atoms with Gasteiger partial charge < -0.3 is 10.1 Å². The fourth-order valence-electron chi connectivity index (χ4n) is 2.01. The molecule has 0 aromatic heterocycles. The first-order valence-corrected chi connectivity index (χ1v) is 7.77. The number of nitrogens with one attached hydrogen (secondary N) is 1. The number of aryl methyl sites for hydroxylation is 1. The number of hydrogen-bond donors (Lipinski definition) is 1. The summed E-state index contributed by atoms with van der Waals surface area (Å²) in [6.45, 7) is 2.87. The molecule has 1 amide bonds. The molecule has 0 heterocycles. The van der Waals surface area contributed by atoms with Crippen LogP contribution in [0.15, 0.2) is 42.5 Å². The topological polar surface area (TPSA) is 72.5 Å². The van der Waals surface area contributed by atoms with Crippen LogP contribution in [-0.2, 0) is 9.53 Å². The second-order valence-corrected chi connectivity index (χ2v) is 5.44. The van der Waals surface area contributed by atoms with Crippen LogP contribution in [0.5, 0.6) is 0 Å². The molecule has 5 nitrogen and oxygen atoms in total. The largest absolute Gasteiger partial charge is 0.454 e. The minimum atomic E-state index is -0.765. The molecule has 0 fully saturated rings. The summed E-state index contributed by atoms with van der Waals surface area (Å²) >= 11 is 0. The van der Waals surface area contributed by atoms with Gasteiger partial charge in [-0.1, -0.05) is 13.0 Å². The molecule has 6 heteroatoms. The van der Waals surface area contributed by atoms with E-state index in [4.69, 9.17) is 4.74 Å². The Labute approximate surface area is 144 Å². The minimum Gasteiger partial charge on any atom is -0.454 e. The van der Waals surface area contributed by atoms with Crippen LogP contribution in [0.3, 0.4) is 0 Å². The zero-order valence-electron chi connectivity index (χ0n) is 14.0. The van der Waals surface area contributed by atoms with Gasteiger partial charge in [-0.25, -0.2) is 9.18 Å². The lowest BCUT2D eigenvalue weighted by atomic mass is 10.1. The molecule has 130 valence electrons. The molecule has 2 aromatic carbocycles. The van der Waals surface area contributed by atoms with Crippen molar-refractivity contribution in [3.05, 3.63) is 65.0 Å². The van der Waals surface area contributed by atoms with Gasteiger partial charge in [-0.15, -0.1) is 0 Å². The average Bonchev–Trinajstić information content (AvgIpc) is 2.62. The fraction of sp³-hybridized carbons (Fsp3) is 0.211. The maximum absolute atomic E-state index is 13.5. The van der Waals surface area contributed by atoms with Gasteiger partial charge in [0.15, 0.2) is 12.4 Å². The average molecular weight is 343 g/mol. The van der Waals surface area contributed by atoms with Gasteiger partial charge in [0.25, 0.3) is 0 Å². The quantitative estimate of drug-likeness (QED) is 0.643. The van der Waals surface area contributed by atoms with Gasteiger partial charge in [0.05, 0.1) is 5.56 Å². The second kappa shape index (κ2) is 8.19. The maximum Gasteiger partial charge on any atom is 0.338 e. The van der Waals surface area contributed by atoms with Crippen LogP contribution in [0, 0.1) is 12.7 Å². The summed E-state index contributed by atoms with van der Waals surface area (Å²) < 4.78 is 18.4. The number of anilines is 1. The van der Waals surface area contributed by atoms with Crippen LogP contribution in [0.25, 0.3) is 0 Å². The number of Topliss-reactive ketones (excluding diaryl/α,β-unsaturated/α-hetero) is 1. The van der Waals surface area contributed by atoms with Crippen LogP contribution in [0.4, 0.5) is 10.1 Å². The normalized spacial score (nSPS) is 10.2. The number of carbonyl (C=O) groups excluding carboxylic acids is 3. The third-order valence-electron chi connectivity index (χ3n) is 3.55. The summed E-state index contributed by atoms with van der Waals surface area (Å²) in [5.74, 6) is -1.79. The highest BCUT2D eigenvalue weighted by Gasteiger charge is 2.13. The molecule has 1 N–H and O–H groups in total. The second-order valence-electron chi connectivity index (χ2n) is 5.44. The van der Waals surface area contributed by atoms with Crippen molar-refractivity contribution in [1.82, 2.24) is 0 Å². The summed E-state index contributed by atoms with van der Waals surface area (Å²) in [6, 6.07) is 10.2.